The van der Waals surface area contributed by atoms with Crippen LogP contribution in [-0.2, 0) is 11.2 Å². The normalized spacial score (nSPS) is 12.9. The summed E-state index contributed by atoms with van der Waals surface area (Å²) < 4.78 is 0. The first-order valence-electron chi connectivity index (χ1n) is 3.49. The van der Waals surface area contributed by atoms with Crippen LogP contribution in [-0.4, -0.2) is 11.8 Å². The number of thiophene rings is 1. The van der Waals surface area contributed by atoms with Crippen LogP contribution in [0.2, 0.25) is 0 Å². The Morgan fingerprint density at radius 1 is 1.82 bits per heavy atom. The van der Waals surface area contributed by atoms with E-state index in [9.17, 15) is 4.79 Å². The van der Waals surface area contributed by atoms with Gasteiger partial charge in [0.15, 0.2) is 5.78 Å². The summed E-state index contributed by atoms with van der Waals surface area (Å²) >= 11 is 1.60. The molecule has 0 radical (unpaired) electrons. The molecule has 1 aromatic rings. The maximum Gasteiger partial charge on any atom is 0.153 e. The van der Waals surface area contributed by atoms with Gasteiger partial charge >= 0.3 is 0 Å². The summed E-state index contributed by atoms with van der Waals surface area (Å²) in [5.41, 5.74) is 6.47. The molecule has 1 atom stereocenters. The van der Waals surface area contributed by atoms with E-state index < -0.39 is 0 Å². The molecule has 1 heterocycles. The van der Waals surface area contributed by atoms with Crippen molar-refractivity contribution in [2.75, 3.05) is 0 Å². The van der Waals surface area contributed by atoms with Crippen LogP contribution in [0.3, 0.4) is 0 Å². The van der Waals surface area contributed by atoms with Gasteiger partial charge in [-0.05, 0) is 29.3 Å². The van der Waals surface area contributed by atoms with Crippen molar-refractivity contribution in [3.05, 3.63) is 22.4 Å². The van der Waals surface area contributed by atoms with E-state index in [-0.39, 0.29) is 11.8 Å². The molecule has 2 nitrogen and oxygen atoms in total. The Labute approximate surface area is 70.0 Å². The Balaban J connectivity index is 2.50. The molecule has 60 valence electrons. The summed E-state index contributed by atoms with van der Waals surface area (Å²) in [5, 5.41) is 3.93. The van der Waals surface area contributed by atoms with Crippen LogP contribution in [0.25, 0.3) is 0 Å². The second-order valence-electron chi connectivity index (χ2n) is 2.56. The van der Waals surface area contributed by atoms with Gasteiger partial charge in [0.25, 0.3) is 0 Å². The monoisotopic (exact) mass is 169 g/mol. The second-order valence-corrected chi connectivity index (χ2v) is 3.34. The van der Waals surface area contributed by atoms with E-state index in [4.69, 9.17) is 5.73 Å². The molecule has 11 heavy (non-hydrogen) atoms. The molecule has 0 fully saturated rings. The fraction of sp³-hybridized carbons (Fsp3) is 0.375. The average molecular weight is 169 g/mol. The standard InChI is InChI=1S/C8H11NOS/c1-6(9)8(10)4-7-2-3-11-5-7/h2-3,5-6H,4,9H2,1H3/t6-/m1/s1. The number of carbonyl (C=O) groups is 1. The molecule has 3 heteroatoms. The summed E-state index contributed by atoms with van der Waals surface area (Å²) in [6.45, 7) is 1.72. The summed E-state index contributed by atoms with van der Waals surface area (Å²) in [4.78, 5) is 11.1. The van der Waals surface area contributed by atoms with Crippen LogP contribution in [0.1, 0.15) is 12.5 Å². The first kappa shape index (κ1) is 8.43. The second kappa shape index (κ2) is 3.64. The molecule has 0 amide bonds. The van der Waals surface area contributed by atoms with E-state index in [0.29, 0.717) is 6.42 Å². The van der Waals surface area contributed by atoms with Gasteiger partial charge in [-0.3, -0.25) is 4.79 Å². The minimum Gasteiger partial charge on any atom is -0.322 e. The molecular formula is C8H11NOS. The third kappa shape index (κ3) is 2.44. The van der Waals surface area contributed by atoms with Crippen LogP contribution in [0.5, 0.6) is 0 Å². The van der Waals surface area contributed by atoms with Crippen LogP contribution < -0.4 is 5.73 Å². The number of rotatable bonds is 3. The lowest BCUT2D eigenvalue weighted by Gasteiger charge is -2.00. The van der Waals surface area contributed by atoms with Gasteiger partial charge in [0.1, 0.15) is 0 Å². The highest BCUT2D eigenvalue weighted by atomic mass is 32.1. The minimum atomic E-state index is -0.338. The van der Waals surface area contributed by atoms with Crippen LogP contribution in [0, 0.1) is 0 Å². The van der Waals surface area contributed by atoms with Crippen molar-refractivity contribution in [2.45, 2.75) is 19.4 Å². The van der Waals surface area contributed by atoms with Crippen molar-refractivity contribution in [1.29, 1.82) is 0 Å². The predicted molar refractivity (Wildman–Crippen MR) is 46.7 cm³/mol. The zero-order valence-corrected chi connectivity index (χ0v) is 7.23. The largest absolute Gasteiger partial charge is 0.322 e. The molecule has 0 spiro atoms. The highest BCUT2D eigenvalue weighted by Gasteiger charge is 2.07. The number of Topliss-reactive ketones (excluding diaryl/α,β-unsaturated/α-hetero) is 1. The Morgan fingerprint density at radius 3 is 3.00 bits per heavy atom. The van der Waals surface area contributed by atoms with Crippen LogP contribution in [0.4, 0.5) is 0 Å². The predicted octanol–water partition coefficient (Wildman–Crippen LogP) is 1.21. The molecule has 0 saturated carbocycles. The number of carbonyl (C=O) groups excluding carboxylic acids is 1. The van der Waals surface area contributed by atoms with Gasteiger partial charge in [0.05, 0.1) is 6.04 Å². The van der Waals surface area contributed by atoms with Crippen molar-refractivity contribution in [3.8, 4) is 0 Å². The number of hydrogen-bond donors (Lipinski definition) is 1. The number of hydrogen-bond acceptors (Lipinski definition) is 3. The molecule has 0 bridgehead atoms. The molecule has 2 N–H and O–H groups in total. The van der Waals surface area contributed by atoms with E-state index in [1.807, 2.05) is 16.8 Å². The van der Waals surface area contributed by atoms with Gasteiger partial charge in [0.2, 0.25) is 0 Å². The van der Waals surface area contributed by atoms with Crippen molar-refractivity contribution in [1.82, 2.24) is 0 Å². The molecule has 0 aliphatic carbocycles. The number of nitrogens with two attached hydrogens (primary N) is 1. The highest BCUT2D eigenvalue weighted by molar-refractivity contribution is 7.07. The molecule has 0 unspecified atom stereocenters. The molecule has 0 aliphatic heterocycles. The highest BCUT2D eigenvalue weighted by Crippen LogP contribution is 2.07. The Morgan fingerprint density at radius 2 is 2.55 bits per heavy atom. The SMILES string of the molecule is C[C@@H](N)C(=O)Cc1ccsc1. The van der Waals surface area contributed by atoms with Crippen molar-refractivity contribution in [3.63, 3.8) is 0 Å². The van der Waals surface area contributed by atoms with Crippen LogP contribution >= 0.6 is 11.3 Å². The zero-order chi connectivity index (χ0) is 8.27. The minimum absolute atomic E-state index is 0.100. The topological polar surface area (TPSA) is 43.1 Å². The summed E-state index contributed by atoms with van der Waals surface area (Å²) in [5.74, 6) is 0.100. The van der Waals surface area contributed by atoms with Crippen molar-refractivity contribution >= 4 is 17.1 Å². The quantitative estimate of drug-likeness (QED) is 0.739. The van der Waals surface area contributed by atoms with Gasteiger partial charge < -0.3 is 5.73 Å². The Hall–Kier alpha value is -0.670. The maximum atomic E-state index is 11.1. The fourth-order valence-electron chi connectivity index (χ4n) is 0.755. The summed E-state index contributed by atoms with van der Waals surface area (Å²) in [6.07, 6.45) is 0.473. The van der Waals surface area contributed by atoms with Gasteiger partial charge in [-0.2, -0.15) is 11.3 Å². The van der Waals surface area contributed by atoms with E-state index in [1.165, 1.54) is 0 Å². The third-order valence-corrected chi connectivity index (χ3v) is 2.20. The lowest BCUT2D eigenvalue weighted by atomic mass is 10.1. The van der Waals surface area contributed by atoms with E-state index >= 15 is 0 Å². The first-order valence-corrected chi connectivity index (χ1v) is 4.44. The van der Waals surface area contributed by atoms with Crippen molar-refractivity contribution in [2.24, 2.45) is 5.73 Å². The van der Waals surface area contributed by atoms with Crippen LogP contribution in [0.15, 0.2) is 16.8 Å². The lowest BCUT2D eigenvalue weighted by Crippen LogP contribution is -2.27. The number of ketones is 1. The average Bonchev–Trinajstić information content (AvgIpc) is 2.39. The van der Waals surface area contributed by atoms with Gasteiger partial charge in [0, 0.05) is 6.42 Å². The van der Waals surface area contributed by atoms with E-state index in [2.05, 4.69) is 0 Å². The molecule has 1 rings (SSSR count). The summed E-state index contributed by atoms with van der Waals surface area (Å²) in [6, 6.07) is 1.61. The fourth-order valence-corrected chi connectivity index (χ4v) is 1.42. The Kier molecular flexibility index (Phi) is 2.79. The molecule has 1 aromatic heterocycles. The van der Waals surface area contributed by atoms with Crippen molar-refractivity contribution < 1.29 is 4.79 Å². The molecule has 0 saturated heterocycles. The Bertz CT molecular complexity index is 228. The summed E-state index contributed by atoms with van der Waals surface area (Å²) in [7, 11) is 0. The molecular weight excluding hydrogens is 158 g/mol. The van der Waals surface area contributed by atoms with Gasteiger partial charge in [-0.15, -0.1) is 0 Å². The van der Waals surface area contributed by atoms with E-state index in [0.717, 1.165) is 5.56 Å². The van der Waals surface area contributed by atoms with Gasteiger partial charge in [-0.25, -0.2) is 0 Å². The maximum absolute atomic E-state index is 11.1. The smallest absolute Gasteiger partial charge is 0.153 e. The van der Waals surface area contributed by atoms with Gasteiger partial charge in [-0.1, -0.05) is 0 Å². The molecule has 0 aliphatic rings. The van der Waals surface area contributed by atoms with E-state index in [1.54, 1.807) is 18.3 Å². The zero-order valence-electron chi connectivity index (χ0n) is 6.41. The molecule has 0 aromatic carbocycles. The third-order valence-electron chi connectivity index (χ3n) is 1.47. The lowest BCUT2D eigenvalue weighted by molar-refractivity contribution is -0.119. The first-order chi connectivity index (χ1) is 5.20.